The number of carbonyl (C=O) groups excluding carboxylic acids is 2. The van der Waals surface area contributed by atoms with E-state index in [0.29, 0.717) is 29.2 Å². The lowest BCUT2D eigenvalue weighted by Gasteiger charge is -2.20. The zero-order chi connectivity index (χ0) is 26.7. The van der Waals surface area contributed by atoms with E-state index < -0.39 is 0 Å². The third kappa shape index (κ3) is 6.06. The molecule has 2 amide bonds. The molecule has 37 heavy (non-hydrogen) atoms. The fourth-order valence-electron chi connectivity index (χ4n) is 4.01. The average Bonchev–Trinajstić information content (AvgIpc) is 3.34. The van der Waals surface area contributed by atoms with Crippen molar-refractivity contribution in [3.8, 4) is 11.3 Å². The van der Waals surface area contributed by atoms with Gasteiger partial charge in [-0.25, -0.2) is 0 Å². The number of hydrogen-bond donors (Lipinski definition) is 2. The minimum Gasteiger partial charge on any atom is -0.399 e. The van der Waals surface area contributed by atoms with Gasteiger partial charge < -0.3 is 20.5 Å². The van der Waals surface area contributed by atoms with Crippen LogP contribution in [0.3, 0.4) is 0 Å². The zero-order valence-corrected chi connectivity index (χ0v) is 21.8. The van der Waals surface area contributed by atoms with Gasteiger partial charge in [0.1, 0.15) is 5.69 Å². The van der Waals surface area contributed by atoms with Crippen molar-refractivity contribution in [3.63, 3.8) is 0 Å². The number of hydrogen-bond acceptors (Lipinski definition) is 5. The van der Waals surface area contributed by atoms with Crippen molar-refractivity contribution in [2.24, 2.45) is 0 Å². The summed E-state index contributed by atoms with van der Waals surface area (Å²) in [4.78, 5) is 27.5. The van der Waals surface area contributed by atoms with E-state index in [1.54, 1.807) is 24.1 Å². The maximum absolute atomic E-state index is 13.0. The predicted octanol–water partition coefficient (Wildman–Crippen LogP) is 6.05. The van der Waals surface area contributed by atoms with Crippen molar-refractivity contribution in [3.05, 3.63) is 101 Å². The lowest BCUT2D eigenvalue weighted by molar-refractivity contribution is 0.0743. The van der Waals surface area contributed by atoms with Gasteiger partial charge in [0, 0.05) is 42.2 Å². The number of nitrogens with two attached hydrogens (primary N) is 1. The molecule has 0 unspecified atom stereocenters. The molecule has 1 heterocycles. The van der Waals surface area contributed by atoms with E-state index in [-0.39, 0.29) is 23.0 Å². The van der Waals surface area contributed by atoms with Crippen LogP contribution in [-0.4, -0.2) is 28.9 Å². The lowest BCUT2D eigenvalue weighted by atomic mass is 9.85. The molecule has 0 atom stereocenters. The highest BCUT2D eigenvalue weighted by molar-refractivity contribution is 6.05. The molecule has 3 N–H and O–H groups in total. The molecule has 0 spiro atoms. The summed E-state index contributed by atoms with van der Waals surface area (Å²) in [6.45, 7) is 8.62. The van der Waals surface area contributed by atoms with Gasteiger partial charge in [0.2, 0.25) is 5.76 Å². The molecule has 0 aliphatic rings. The summed E-state index contributed by atoms with van der Waals surface area (Å²) >= 11 is 0. The van der Waals surface area contributed by atoms with E-state index in [0.717, 1.165) is 22.3 Å². The summed E-state index contributed by atoms with van der Waals surface area (Å²) in [5.74, 6) is -0.371. The highest BCUT2D eigenvalue weighted by Gasteiger charge is 2.20. The van der Waals surface area contributed by atoms with Crippen LogP contribution in [0.1, 0.15) is 58.4 Å². The van der Waals surface area contributed by atoms with Crippen molar-refractivity contribution < 1.29 is 14.1 Å². The SMILES string of the molecule is Cc1ccc(NC(=O)c2cc(N)cc(C(C)(C)C)c2)cc1-c1cc(C(=O)N(C)Cc2ccccc2)on1. The van der Waals surface area contributed by atoms with Crippen LogP contribution in [0.25, 0.3) is 11.3 Å². The second-order valence-electron chi connectivity index (χ2n) is 10.3. The number of aromatic nitrogens is 1. The molecule has 0 aliphatic carbocycles. The van der Waals surface area contributed by atoms with Crippen LogP contribution in [-0.2, 0) is 12.0 Å². The van der Waals surface area contributed by atoms with Gasteiger partial charge in [-0.3, -0.25) is 9.59 Å². The number of aryl methyl sites for hydroxylation is 1. The van der Waals surface area contributed by atoms with E-state index >= 15 is 0 Å². The Morgan fingerprint density at radius 3 is 2.43 bits per heavy atom. The van der Waals surface area contributed by atoms with Crippen LogP contribution in [0, 0.1) is 6.92 Å². The molecular formula is C30H32N4O3. The molecule has 3 aromatic carbocycles. The molecule has 7 nitrogen and oxygen atoms in total. The Kier molecular flexibility index (Phi) is 7.16. The quantitative estimate of drug-likeness (QED) is 0.316. The van der Waals surface area contributed by atoms with E-state index in [2.05, 4.69) is 31.2 Å². The minimum absolute atomic E-state index is 0.140. The van der Waals surface area contributed by atoms with Gasteiger partial charge in [-0.2, -0.15) is 0 Å². The molecule has 1 aromatic heterocycles. The summed E-state index contributed by atoms with van der Waals surface area (Å²) in [6, 6.07) is 22.3. The summed E-state index contributed by atoms with van der Waals surface area (Å²) in [5.41, 5.74) is 11.8. The third-order valence-corrected chi connectivity index (χ3v) is 6.19. The number of nitrogens with zero attached hydrogens (tertiary/aromatic N) is 2. The van der Waals surface area contributed by atoms with Crippen LogP contribution in [0.4, 0.5) is 11.4 Å². The van der Waals surface area contributed by atoms with Crippen LogP contribution < -0.4 is 11.1 Å². The molecule has 4 rings (SSSR count). The molecular weight excluding hydrogens is 464 g/mol. The Balaban J connectivity index is 1.53. The summed E-state index contributed by atoms with van der Waals surface area (Å²) in [6.07, 6.45) is 0. The Bertz CT molecular complexity index is 1430. The van der Waals surface area contributed by atoms with Gasteiger partial charge in [0.05, 0.1) is 0 Å². The highest BCUT2D eigenvalue weighted by atomic mass is 16.5. The normalized spacial score (nSPS) is 11.3. The number of anilines is 2. The average molecular weight is 497 g/mol. The standard InChI is InChI=1S/C30H32N4O3/c1-19-11-12-24(32-28(35)21-13-22(30(2,3)4)15-23(31)14-21)16-25(19)26-17-27(37-33-26)29(36)34(5)18-20-9-7-6-8-10-20/h6-17H,18,31H2,1-5H3,(H,32,35). The molecule has 7 heteroatoms. The van der Waals surface area contributed by atoms with Gasteiger partial charge in [-0.05, 0) is 59.4 Å². The second kappa shape index (κ2) is 10.3. The molecule has 0 fully saturated rings. The predicted molar refractivity (Wildman–Crippen MR) is 146 cm³/mol. The van der Waals surface area contributed by atoms with E-state index in [4.69, 9.17) is 10.3 Å². The second-order valence-corrected chi connectivity index (χ2v) is 10.3. The number of amides is 2. The number of carbonyl (C=O) groups is 2. The van der Waals surface area contributed by atoms with Crippen LogP contribution in [0.5, 0.6) is 0 Å². The molecule has 190 valence electrons. The summed E-state index contributed by atoms with van der Waals surface area (Å²) in [7, 11) is 1.72. The molecule has 0 aliphatic heterocycles. The van der Waals surface area contributed by atoms with Crippen molar-refractivity contribution in [1.29, 1.82) is 0 Å². The molecule has 0 radical (unpaired) electrons. The first-order chi connectivity index (χ1) is 17.5. The first kappa shape index (κ1) is 25.7. The van der Waals surface area contributed by atoms with Crippen LogP contribution in [0.15, 0.2) is 77.3 Å². The van der Waals surface area contributed by atoms with Crippen LogP contribution >= 0.6 is 0 Å². The summed E-state index contributed by atoms with van der Waals surface area (Å²) < 4.78 is 5.40. The molecule has 0 saturated carbocycles. The first-order valence-corrected chi connectivity index (χ1v) is 12.1. The fraction of sp³-hybridized carbons (Fsp3) is 0.233. The van der Waals surface area contributed by atoms with Gasteiger partial charge in [-0.1, -0.05) is 62.3 Å². The highest BCUT2D eigenvalue weighted by Crippen LogP contribution is 2.29. The van der Waals surface area contributed by atoms with Crippen molar-refractivity contribution in [2.45, 2.75) is 39.7 Å². The Labute approximate surface area is 217 Å². The number of nitrogens with one attached hydrogen (secondary N) is 1. The van der Waals surface area contributed by atoms with Gasteiger partial charge in [0.25, 0.3) is 11.8 Å². The Morgan fingerprint density at radius 2 is 1.73 bits per heavy atom. The number of nitrogen functional groups attached to an aromatic ring is 1. The molecule has 4 aromatic rings. The van der Waals surface area contributed by atoms with E-state index in [9.17, 15) is 9.59 Å². The monoisotopic (exact) mass is 496 g/mol. The maximum atomic E-state index is 13.0. The van der Waals surface area contributed by atoms with Gasteiger partial charge in [-0.15, -0.1) is 0 Å². The summed E-state index contributed by atoms with van der Waals surface area (Å²) in [5, 5.41) is 7.08. The zero-order valence-electron chi connectivity index (χ0n) is 21.8. The largest absolute Gasteiger partial charge is 0.399 e. The Hall–Kier alpha value is -4.39. The third-order valence-electron chi connectivity index (χ3n) is 6.19. The van der Waals surface area contributed by atoms with Crippen molar-refractivity contribution >= 4 is 23.2 Å². The van der Waals surface area contributed by atoms with Crippen LogP contribution in [0.2, 0.25) is 0 Å². The number of benzene rings is 3. The first-order valence-electron chi connectivity index (χ1n) is 12.1. The van der Waals surface area contributed by atoms with Gasteiger partial charge >= 0.3 is 0 Å². The van der Waals surface area contributed by atoms with Crippen molar-refractivity contribution in [2.75, 3.05) is 18.1 Å². The van der Waals surface area contributed by atoms with E-state index in [1.807, 2.05) is 67.6 Å². The fourth-order valence-corrected chi connectivity index (χ4v) is 4.01. The number of rotatable bonds is 6. The molecule has 0 bridgehead atoms. The van der Waals surface area contributed by atoms with Gasteiger partial charge in [0.15, 0.2) is 0 Å². The Morgan fingerprint density at radius 1 is 1.00 bits per heavy atom. The smallest absolute Gasteiger partial charge is 0.292 e. The maximum Gasteiger partial charge on any atom is 0.292 e. The lowest BCUT2D eigenvalue weighted by Crippen LogP contribution is -2.25. The van der Waals surface area contributed by atoms with E-state index in [1.165, 1.54) is 0 Å². The topological polar surface area (TPSA) is 101 Å². The van der Waals surface area contributed by atoms with Crippen molar-refractivity contribution in [1.82, 2.24) is 10.1 Å². The molecule has 0 saturated heterocycles. The minimum atomic E-state index is -0.263.